The molecule has 12 heteroatoms. The molecule has 11 nitrogen and oxygen atoms in total. The van der Waals surface area contributed by atoms with Gasteiger partial charge in [0.1, 0.15) is 11.6 Å². The molecule has 0 spiro atoms. The molecule has 2 atom stereocenters. The predicted octanol–water partition coefficient (Wildman–Crippen LogP) is 3.79. The van der Waals surface area contributed by atoms with E-state index in [2.05, 4.69) is 31.6 Å². The summed E-state index contributed by atoms with van der Waals surface area (Å²) in [5.74, 6) is 0.766. The van der Waals surface area contributed by atoms with Crippen molar-refractivity contribution < 1.29 is 24.2 Å². The summed E-state index contributed by atoms with van der Waals surface area (Å²) in [5, 5.41) is 16.1. The second kappa shape index (κ2) is 14.0. The average Bonchev–Trinajstić information content (AvgIpc) is 3.75. The van der Waals surface area contributed by atoms with Gasteiger partial charge in [-0.15, -0.1) is 11.3 Å². The molecule has 3 saturated heterocycles. The number of hydrogen-bond donors (Lipinski definition) is 3. The zero-order valence-electron chi connectivity index (χ0n) is 22.9. The molecule has 3 aromatic rings. The minimum absolute atomic E-state index is 0. The van der Waals surface area contributed by atoms with Crippen LogP contribution in [0.3, 0.4) is 0 Å². The number of aliphatic carboxylic acids is 1. The molecule has 222 valence electrons. The fourth-order valence-electron chi connectivity index (χ4n) is 5.05. The smallest absolute Gasteiger partial charge is 0.308 e. The number of nitrogens with zero attached hydrogens (tertiary/aromatic N) is 4. The van der Waals surface area contributed by atoms with Crippen LogP contribution < -0.4 is 15.5 Å². The number of hydrogen-bond acceptors (Lipinski definition) is 10. The van der Waals surface area contributed by atoms with Gasteiger partial charge in [-0.2, -0.15) is 0 Å². The summed E-state index contributed by atoms with van der Waals surface area (Å²) in [7, 11) is 3.59. The molecule has 0 saturated carbocycles. The summed E-state index contributed by atoms with van der Waals surface area (Å²) >= 11 is 1.52. The first-order valence-corrected chi connectivity index (χ1v) is 14.4. The van der Waals surface area contributed by atoms with Crippen LogP contribution in [-0.4, -0.2) is 98.6 Å². The van der Waals surface area contributed by atoms with Crippen molar-refractivity contribution in [3.05, 3.63) is 41.0 Å². The first kappa shape index (κ1) is 30.6. The quantitative estimate of drug-likeness (QED) is 0.394. The number of fused-ring (bicyclic) bond motifs is 1. The highest BCUT2D eigenvalue weighted by Gasteiger charge is 2.29. The van der Waals surface area contributed by atoms with Crippen LogP contribution in [-0.2, 0) is 14.3 Å². The second-order valence-corrected chi connectivity index (χ2v) is 11.4. The normalized spacial score (nSPS) is 20.2. The number of pyridine rings is 2. The third-order valence-electron chi connectivity index (χ3n) is 7.32. The number of ether oxygens (including phenoxy) is 2. The van der Waals surface area contributed by atoms with Crippen molar-refractivity contribution in [3.63, 3.8) is 0 Å². The number of nitrogens with one attached hydrogen (secondary N) is 2. The lowest BCUT2D eigenvalue weighted by Crippen LogP contribution is -2.43. The Labute approximate surface area is 244 Å². The number of piperazine rings is 1. The average molecular weight is 585 g/mol. The molecular weight excluding hydrogens is 544 g/mol. The lowest BCUT2D eigenvalue weighted by Gasteiger charge is -2.29. The minimum atomic E-state index is -0.734. The van der Waals surface area contributed by atoms with E-state index in [4.69, 9.17) is 14.6 Å². The summed E-state index contributed by atoms with van der Waals surface area (Å²) in [6, 6.07) is 6.13. The summed E-state index contributed by atoms with van der Waals surface area (Å²) in [4.78, 5) is 36.9. The number of amides is 1. The van der Waals surface area contributed by atoms with Crippen LogP contribution >= 0.6 is 11.3 Å². The SMILES string of the molecule is C.CN(C)C(=O)c1sc2cnc(Nc3ccc(N4CCNCC4)cn3)cc2c1C1CCOC1.O=C(O)C1CCOC1. The molecule has 1 amide bonds. The van der Waals surface area contributed by atoms with Gasteiger partial charge in [-0.3, -0.25) is 9.59 Å². The number of carbonyl (C=O) groups is 2. The van der Waals surface area contributed by atoms with Gasteiger partial charge in [0.2, 0.25) is 0 Å². The number of rotatable bonds is 6. The summed E-state index contributed by atoms with van der Waals surface area (Å²) < 4.78 is 11.5. The third-order valence-corrected chi connectivity index (χ3v) is 8.46. The molecule has 3 fully saturated rings. The van der Waals surface area contributed by atoms with E-state index in [9.17, 15) is 9.59 Å². The zero-order valence-corrected chi connectivity index (χ0v) is 23.7. The van der Waals surface area contributed by atoms with E-state index < -0.39 is 5.97 Å². The Hall–Kier alpha value is -3.32. The number of carboxylic acid groups (broad SMARTS) is 1. The molecule has 3 aliphatic heterocycles. The van der Waals surface area contributed by atoms with E-state index >= 15 is 0 Å². The lowest BCUT2D eigenvalue weighted by atomic mass is 9.95. The number of anilines is 3. The van der Waals surface area contributed by atoms with Crippen LogP contribution in [0.4, 0.5) is 17.3 Å². The maximum Gasteiger partial charge on any atom is 0.308 e. The van der Waals surface area contributed by atoms with Crippen molar-refractivity contribution in [1.82, 2.24) is 20.2 Å². The highest BCUT2D eigenvalue weighted by molar-refractivity contribution is 7.21. The summed E-state index contributed by atoms with van der Waals surface area (Å²) in [5.41, 5.74) is 2.22. The van der Waals surface area contributed by atoms with Crippen LogP contribution in [0, 0.1) is 5.92 Å². The maximum atomic E-state index is 12.9. The first-order valence-electron chi connectivity index (χ1n) is 13.6. The van der Waals surface area contributed by atoms with Crippen molar-refractivity contribution in [2.45, 2.75) is 26.2 Å². The Balaban J connectivity index is 0.000000373. The number of carboxylic acids is 1. The molecule has 41 heavy (non-hydrogen) atoms. The molecule has 2 unspecified atom stereocenters. The van der Waals surface area contributed by atoms with Crippen LogP contribution in [0.2, 0.25) is 0 Å². The third kappa shape index (κ3) is 7.31. The standard InChI is InChI=1S/C23H28N6O2S.C5H8O3.CH4/c1-28(2)23(30)22-21(15-5-10-31-14-15)17-11-20(26-13-18(17)32-22)27-19-4-3-16(12-25-19)29-8-6-24-7-9-29;6-5(7)4-1-2-8-3-4;/h3-4,11-13,15,24H,5-10,14H2,1-2H3,(H,25,26,27);4H,1-3H2,(H,6,7);1H4. The Bertz CT molecular complexity index is 1310. The molecule has 0 radical (unpaired) electrons. The molecule has 0 aliphatic carbocycles. The Morgan fingerprint density at radius 1 is 1.07 bits per heavy atom. The number of thiophene rings is 1. The van der Waals surface area contributed by atoms with Crippen molar-refractivity contribution in [2.75, 3.05) is 76.9 Å². The Kier molecular flexibility index (Phi) is 10.5. The highest BCUT2D eigenvalue weighted by Crippen LogP contribution is 2.40. The van der Waals surface area contributed by atoms with Gasteiger partial charge < -0.3 is 35.0 Å². The fourth-order valence-corrected chi connectivity index (χ4v) is 6.31. The van der Waals surface area contributed by atoms with Gasteiger partial charge in [0.05, 0.1) is 40.6 Å². The monoisotopic (exact) mass is 584 g/mol. The van der Waals surface area contributed by atoms with Crippen molar-refractivity contribution >= 4 is 50.6 Å². The van der Waals surface area contributed by atoms with Gasteiger partial charge in [0.15, 0.2) is 0 Å². The van der Waals surface area contributed by atoms with Crippen molar-refractivity contribution in [3.8, 4) is 0 Å². The van der Waals surface area contributed by atoms with Gasteiger partial charge in [-0.1, -0.05) is 7.43 Å². The molecule has 0 aromatic carbocycles. The van der Waals surface area contributed by atoms with Gasteiger partial charge >= 0.3 is 5.97 Å². The molecule has 3 N–H and O–H groups in total. The topological polar surface area (TPSA) is 129 Å². The fraction of sp³-hybridized carbons (Fsp3) is 0.517. The molecule has 0 bridgehead atoms. The number of carbonyl (C=O) groups excluding carboxylic acids is 1. The molecule has 3 aliphatic rings. The van der Waals surface area contributed by atoms with Crippen molar-refractivity contribution in [1.29, 1.82) is 0 Å². The van der Waals surface area contributed by atoms with Crippen LogP contribution in [0.1, 0.15) is 41.4 Å². The summed E-state index contributed by atoms with van der Waals surface area (Å²) in [6.07, 6.45) is 5.37. The first-order chi connectivity index (χ1) is 19.4. The van der Waals surface area contributed by atoms with E-state index in [1.807, 2.05) is 24.5 Å². The largest absolute Gasteiger partial charge is 0.481 e. The van der Waals surface area contributed by atoms with Crippen LogP contribution in [0.15, 0.2) is 30.6 Å². The molecule has 3 aromatic heterocycles. The van der Waals surface area contributed by atoms with Gasteiger partial charge in [0, 0.05) is 71.0 Å². The van der Waals surface area contributed by atoms with Gasteiger partial charge in [0.25, 0.3) is 5.91 Å². The minimum Gasteiger partial charge on any atom is -0.481 e. The molecular formula is C29H40N6O5S. The van der Waals surface area contributed by atoms with Crippen molar-refractivity contribution in [2.24, 2.45) is 5.92 Å². The van der Waals surface area contributed by atoms with Crippen LogP contribution in [0.25, 0.3) is 10.1 Å². The van der Waals surface area contributed by atoms with E-state index in [1.165, 1.54) is 11.3 Å². The Morgan fingerprint density at radius 3 is 2.39 bits per heavy atom. The Morgan fingerprint density at radius 2 is 1.80 bits per heavy atom. The highest BCUT2D eigenvalue weighted by atomic mass is 32.1. The van der Waals surface area contributed by atoms with Gasteiger partial charge in [-0.05, 0) is 36.6 Å². The van der Waals surface area contributed by atoms with E-state index in [1.54, 1.807) is 19.0 Å². The van der Waals surface area contributed by atoms with Crippen LogP contribution in [0.5, 0.6) is 0 Å². The molecule has 6 rings (SSSR count). The van der Waals surface area contributed by atoms with E-state index in [0.29, 0.717) is 26.2 Å². The number of aromatic nitrogens is 2. The van der Waals surface area contributed by atoms with E-state index in [-0.39, 0.29) is 25.2 Å². The maximum absolute atomic E-state index is 12.9. The lowest BCUT2D eigenvalue weighted by molar-refractivity contribution is -0.141. The van der Waals surface area contributed by atoms with E-state index in [0.717, 1.165) is 77.1 Å². The zero-order chi connectivity index (χ0) is 28.1. The second-order valence-electron chi connectivity index (χ2n) is 10.3. The molecule has 6 heterocycles. The summed E-state index contributed by atoms with van der Waals surface area (Å²) in [6.45, 7) is 6.37. The predicted molar refractivity (Wildman–Crippen MR) is 162 cm³/mol. The van der Waals surface area contributed by atoms with Gasteiger partial charge in [-0.25, -0.2) is 9.97 Å².